The molecular formula is C26H23F4N5O4. The van der Waals surface area contributed by atoms with Crippen molar-refractivity contribution in [1.29, 1.82) is 0 Å². The third-order valence-electron chi connectivity index (χ3n) is 5.44. The van der Waals surface area contributed by atoms with Gasteiger partial charge in [-0.2, -0.15) is 10.2 Å². The van der Waals surface area contributed by atoms with Gasteiger partial charge in [-0.1, -0.05) is 12.1 Å². The van der Waals surface area contributed by atoms with Gasteiger partial charge in [-0.15, -0.1) is 0 Å². The molecule has 4 aromatic rings. The van der Waals surface area contributed by atoms with E-state index in [4.69, 9.17) is 4.74 Å². The number of amides is 1. The van der Waals surface area contributed by atoms with Gasteiger partial charge in [-0.05, 0) is 38.1 Å². The van der Waals surface area contributed by atoms with E-state index in [9.17, 15) is 32.3 Å². The topological polar surface area (TPSA) is 111 Å². The Morgan fingerprint density at radius 1 is 1.05 bits per heavy atom. The second-order valence-corrected chi connectivity index (χ2v) is 9.25. The normalized spacial score (nSPS) is 12.3. The average molecular weight is 545 g/mol. The monoisotopic (exact) mass is 545 g/mol. The lowest BCUT2D eigenvalue weighted by molar-refractivity contribution is -0.119. The molecule has 2 aromatic heterocycles. The third-order valence-corrected chi connectivity index (χ3v) is 5.44. The maximum Gasteiger partial charge on any atom is 0.271 e. The molecule has 0 aliphatic carbocycles. The van der Waals surface area contributed by atoms with E-state index in [0.717, 1.165) is 48.7 Å². The third kappa shape index (κ3) is 6.68. The maximum atomic E-state index is 14.5. The van der Waals surface area contributed by atoms with Crippen molar-refractivity contribution < 1.29 is 32.2 Å². The van der Waals surface area contributed by atoms with Crippen LogP contribution in [0.25, 0.3) is 0 Å². The summed E-state index contributed by atoms with van der Waals surface area (Å²) < 4.78 is 64.0. The Morgan fingerprint density at radius 2 is 1.67 bits per heavy atom. The number of anilines is 1. The van der Waals surface area contributed by atoms with E-state index in [1.165, 1.54) is 16.9 Å². The van der Waals surface area contributed by atoms with Crippen LogP contribution in [-0.2, 0) is 17.8 Å². The molecule has 0 radical (unpaired) electrons. The Morgan fingerprint density at radius 3 is 2.26 bits per heavy atom. The highest BCUT2D eigenvalue weighted by Gasteiger charge is 2.27. The minimum atomic E-state index is -1.57. The van der Waals surface area contributed by atoms with Gasteiger partial charge in [0.05, 0.1) is 18.3 Å². The summed E-state index contributed by atoms with van der Waals surface area (Å²) in [4.78, 5) is 26.2. The van der Waals surface area contributed by atoms with Gasteiger partial charge in [0.25, 0.3) is 11.5 Å². The Kier molecular flexibility index (Phi) is 7.81. The van der Waals surface area contributed by atoms with Gasteiger partial charge in [-0.25, -0.2) is 22.2 Å². The number of rotatable bonds is 9. The molecule has 204 valence electrons. The first-order chi connectivity index (χ1) is 18.4. The van der Waals surface area contributed by atoms with Crippen LogP contribution in [-0.4, -0.2) is 36.2 Å². The second-order valence-electron chi connectivity index (χ2n) is 9.25. The van der Waals surface area contributed by atoms with Gasteiger partial charge >= 0.3 is 0 Å². The van der Waals surface area contributed by atoms with Crippen molar-refractivity contribution in [2.45, 2.75) is 38.5 Å². The molecule has 0 fully saturated rings. The van der Waals surface area contributed by atoms with Crippen molar-refractivity contribution in [3.63, 3.8) is 0 Å². The van der Waals surface area contributed by atoms with Crippen molar-refractivity contribution >= 4 is 11.7 Å². The van der Waals surface area contributed by atoms with E-state index in [1.54, 1.807) is 13.8 Å². The van der Waals surface area contributed by atoms with Crippen LogP contribution in [0, 0.1) is 23.3 Å². The minimum Gasteiger partial charge on any atom is -0.449 e. The lowest BCUT2D eigenvalue weighted by Gasteiger charge is -2.19. The van der Waals surface area contributed by atoms with Crippen LogP contribution in [0.4, 0.5) is 23.4 Å². The highest BCUT2D eigenvalue weighted by Crippen LogP contribution is 2.27. The van der Waals surface area contributed by atoms with Gasteiger partial charge in [0.15, 0.2) is 29.0 Å². The molecule has 0 saturated carbocycles. The molecule has 0 saturated heterocycles. The van der Waals surface area contributed by atoms with Crippen LogP contribution in [0.1, 0.15) is 25.5 Å². The molecule has 2 heterocycles. The minimum absolute atomic E-state index is 0.0475. The summed E-state index contributed by atoms with van der Waals surface area (Å²) >= 11 is 0. The average Bonchev–Trinajstić information content (AvgIpc) is 3.27. The number of nitrogens with one attached hydrogen (secondary N) is 1. The van der Waals surface area contributed by atoms with E-state index in [0.29, 0.717) is 4.68 Å². The van der Waals surface area contributed by atoms with Crippen molar-refractivity contribution in [1.82, 2.24) is 19.6 Å². The van der Waals surface area contributed by atoms with E-state index in [2.05, 4.69) is 15.5 Å². The first kappa shape index (κ1) is 27.5. The Hall–Kier alpha value is -4.52. The van der Waals surface area contributed by atoms with Crippen LogP contribution in [0.5, 0.6) is 11.5 Å². The number of halogens is 4. The van der Waals surface area contributed by atoms with Crippen LogP contribution >= 0.6 is 0 Å². The molecule has 1 atom stereocenters. The first-order valence-corrected chi connectivity index (χ1v) is 11.6. The number of nitrogens with zero attached hydrogens (tertiary/aromatic N) is 4. The molecule has 0 spiro atoms. The highest BCUT2D eigenvalue weighted by atomic mass is 19.1. The summed E-state index contributed by atoms with van der Waals surface area (Å²) in [6.45, 7) is 3.24. The number of para-hydroxylation sites is 1. The number of hydrogen-bond donors (Lipinski definition) is 2. The van der Waals surface area contributed by atoms with Gasteiger partial charge in [-0.3, -0.25) is 14.3 Å². The zero-order chi connectivity index (χ0) is 28.3. The van der Waals surface area contributed by atoms with E-state index < -0.39 is 64.1 Å². The van der Waals surface area contributed by atoms with Crippen LogP contribution in [0.2, 0.25) is 0 Å². The van der Waals surface area contributed by atoms with Crippen molar-refractivity contribution in [3.8, 4) is 11.5 Å². The molecule has 13 heteroatoms. The number of ether oxygens (including phenoxy) is 1. The molecule has 0 aliphatic rings. The molecule has 2 aromatic carbocycles. The largest absolute Gasteiger partial charge is 0.449 e. The fourth-order valence-electron chi connectivity index (χ4n) is 3.72. The van der Waals surface area contributed by atoms with Gasteiger partial charge in [0.2, 0.25) is 0 Å². The summed E-state index contributed by atoms with van der Waals surface area (Å²) in [5.74, 6) is -5.84. The van der Waals surface area contributed by atoms with Crippen molar-refractivity contribution in [2.75, 3.05) is 5.32 Å². The number of aliphatic hydroxyl groups is 1. The summed E-state index contributed by atoms with van der Waals surface area (Å²) in [6, 6.07) is 6.89. The standard InChI is InChI=1S/C26H23F4N5O4/c1-26(2,38)14-34-10-9-22(33-34)32-25(37)21(12-16-17(27)5-3-6-18(16)28)35-23(36)11-15(13-31-35)39-24-19(29)7-4-8-20(24)30/h3-11,13,21,38H,12,14H2,1-2H3,(H,32,33,37)/t21-/m0/s1. The van der Waals surface area contributed by atoms with Crippen molar-refractivity contribution in [2.24, 2.45) is 0 Å². The van der Waals surface area contributed by atoms with Crippen LogP contribution in [0.15, 0.2) is 65.7 Å². The summed E-state index contributed by atoms with van der Waals surface area (Å²) in [5.41, 5.74) is -2.51. The lowest BCUT2D eigenvalue weighted by atomic mass is 10.0. The van der Waals surface area contributed by atoms with Gasteiger partial charge in [0, 0.05) is 30.3 Å². The number of hydrogen-bond acceptors (Lipinski definition) is 6. The molecular weight excluding hydrogens is 522 g/mol. The van der Waals surface area contributed by atoms with Crippen LogP contribution in [0.3, 0.4) is 0 Å². The van der Waals surface area contributed by atoms with Gasteiger partial charge in [0.1, 0.15) is 17.7 Å². The molecule has 0 bridgehead atoms. The highest BCUT2D eigenvalue weighted by molar-refractivity contribution is 5.93. The molecule has 0 aliphatic heterocycles. The quantitative estimate of drug-likeness (QED) is 0.308. The second kappa shape index (κ2) is 11.1. The summed E-state index contributed by atoms with van der Waals surface area (Å²) in [7, 11) is 0. The van der Waals surface area contributed by atoms with Crippen LogP contribution < -0.4 is 15.6 Å². The Labute approximate surface area is 219 Å². The maximum absolute atomic E-state index is 14.5. The molecule has 1 amide bonds. The molecule has 4 rings (SSSR count). The fraction of sp³-hybridized carbons (Fsp3) is 0.231. The van der Waals surface area contributed by atoms with E-state index in [-0.39, 0.29) is 18.1 Å². The molecule has 2 N–H and O–H groups in total. The molecule has 0 unspecified atom stereocenters. The van der Waals surface area contributed by atoms with Gasteiger partial charge < -0.3 is 15.2 Å². The van der Waals surface area contributed by atoms with E-state index in [1.807, 2.05) is 0 Å². The lowest BCUT2D eigenvalue weighted by Crippen LogP contribution is -2.36. The SMILES string of the molecule is CC(C)(O)Cn1ccc(NC(=O)[C@H](Cc2c(F)cccc2F)n2ncc(Oc3c(F)cccc3F)cc2=O)n1. The molecule has 39 heavy (non-hydrogen) atoms. The number of carbonyl (C=O) groups excluding carboxylic acids is 1. The first-order valence-electron chi connectivity index (χ1n) is 11.6. The molecule has 9 nitrogen and oxygen atoms in total. The smallest absolute Gasteiger partial charge is 0.271 e. The summed E-state index contributed by atoms with van der Waals surface area (Å²) in [6.07, 6.45) is 1.82. The van der Waals surface area contributed by atoms with Crippen molar-refractivity contribution in [3.05, 3.63) is 100 Å². The number of benzene rings is 2. The fourth-order valence-corrected chi connectivity index (χ4v) is 3.72. The zero-order valence-corrected chi connectivity index (χ0v) is 20.7. The number of aromatic nitrogens is 4. The summed E-state index contributed by atoms with van der Waals surface area (Å²) in [5, 5.41) is 20.5. The predicted octanol–water partition coefficient (Wildman–Crippen LogP) is 3.98. The number of carbonyl (C=O) groups is 1. The Bertz CT molecular complexity index is 1520. The van der Waals surface area contributed by atoms with E-state index >= 15 is 0 Å². The zero-order valence-electron chi connectivity index (χ0n) is 20.7. The predicted molar refractivity (Wildman–Crippen MR) is 131 cm³/mol. The Balaban J connectivity index is 1.66.